The maximum Gasteiger partial charge on any atom is 0.159 e. The molecular weight excluding hydrogens is 400 g/mol. The molecule has 0 aliphatic heterocycles. The van der Waals surface area contributed by atoms with Gasteiger partial charge in [0, 0.05) is 36.1 Å². The molecule has 5 heterocycles. The monoisotopic (exact) mass is 422 g/mol. The summed E-state index contributed by atoms with van der Waals surface area (Å²) in [5.41, 5.74) is 7.13. The Bertz CT molecular complexity index is 1470. The van der Waals surface area contributed by atoms with Crippen LogP contribution in [0.5, 0.6) is 0 Å². The number of fused-ring (bicyclic) bond motifs is 1. The minimum atomic E-state index is 0.686. The van der Waals surface area contributed by atoms with Gasteiger partial charge in [0.05, 0.1) is 35.0 Å². The van der Waals surface area contributed by atoms with Crippen LogP contribution in [0.25, 0.3) is 39.4 Å². The van der Waals surface area contributed by atoms with Gasteiger partial charge in [-0.15, -0.1) is 0 Å². The van der Waals surface area contributed by atoms with Crippen LogP contribution in [0.3, 0.4) is 0 Å². The molecule has 2 N–H and O–H groups in total. The molecule has 0 saturated carbocycles. The predicted molar refractivity (Wildman–Crippen MR) is 125 cm³/mol. The Hall–Kier alpha value is -4.33. The van der Waals surface area contributed by atoms with E-state index < -0.39 is 0 Å². The fourth-order valence-electron chi connectivity index (χ4n) is 3.77. The average Bonchev–Trinajstić information content (AvgIpc) is 3.49. The maximum atomic E-state index is 4.91. The fourth-order valence-corrected chi connectivity index (χ4v) is 3.77. The fraction of sp³-hybridized carbons (Fsp3) is 0.125. The number of pyridine rings is 2. The van der Waals surface area contributed by atoms with E-state index in [0.717, 1.165) is 56.3 Å². The molecule has 0 fully saturated rings. The minimum Gasteiger partial charge on any atom is -0.340 e. The Kier molecular flexibility index (Phi) is 4.74. The van der Waals surface area contributed by atoms with Crippen LogP contribution >= 0.6 is 0 Å². The molecule has 8 nitrogen and oxygen atoms in total. The molecule has 0 spiro atoms. The lowest BCUT2D eigenvalue weighted by Crippen LogP contribution is -1.95. The van der Waals surface area contributed by atoms with Gasteiger partial charge in [-0.25, -0.2) is 9.97 Å². The topological polar surface area (TPSA) is 101 Å². The van der Waals surface area contributed by atoms with Crippen molar-refractivity contribution in [2.24, 2.45) is 7.05 Å². The van der Waals surface area contributed by atoms with Crippen LogP contribution in [0.15, 0.2) is 61.7 Å². The van der Waals surface area contributed by atoms with Gasteiger partial charge in [-0.05, 0) is 37.6 Å². The van der Waals surface area contributed by atoms with Gasteiger partial charge in [0.25, 0.3) is 0 Å². The van der Waals surface area contributed by atoms with E-state index in [2.05, 4.69) is 36.7 Å². The molecule has 5 aromatic rings. The molecule has 8 heteroatoms. The number of hydrogen-bond acceptors (Lipinski definition) is 5. The SMILES string of the molecule is C=C/C=C(/c1ccncc1)c1nc(-c2n[nH]c3cnc(-c4cnc(C)n4C)cc23)[nH]c1C. The highest BCUT2D eigenvalue weighted by Crippen LogP contribution is 2.31. The van der Waals surface area contributed by atoms with Crippen molar-refractivity contribution in [3.05, 3.63) is 84.5 Å². The van der Waals surface area contributed by atoms with Crippen molar-refractivity contribution in [1.29, 1.82) is 0 Å². The molecule has 0 atom stereocenters. The second-order valence-electron chi connectivity index (χ2n) is 7.55. The van der Waals surface area contributed by atoms with Crippen LogP contribution in [0.4, 0.5) is 0 Å². The van der Waals surface area contributed by atoms with Crippen molar-refractivity contribution >= 4 is 16.5 Å². The van der Waals surface area contributed by atoms with Gasteiger partial charge < -0.3 is 9.55 Å². The molecule has 5 aromatic heterocycles. The van der Waals surface area contributed by atoms with E-state index in [0.29, 0.717) is 5.82 Å². The van der Waals surface area contributed by atoms with Gasteiger partial charge in [0.2, 0.25) is 0 Å². The third-order valence-electron chi connectivity index (χ3n) is 5.57. The summed E-state index contributed by atoms with van der Waals surface area (Å²) in [7, 11) is 1.98. The van der Waals surface area contributed by atoms with E-state index >= 15 is 0 Å². The zero-order valence-corrected chi connectivity index (χ0v) is 18.1. The third-order valence-corrected chi connectivity index (χ3v) is 5.57. The van der Waals surface area contributed by atoms with Gasteiger partial charge in [0.1, 0.15) is 11.5 Å². The Balaban J connectivity index is 1.62. The maximum absolute atomic E-state index is 4.91. The first-order chi connectivity index (χ1) is 15.6. The second kappa shape index (κ2) is 7.73. The highest BCUT2D eigenvalue weighted by Gasteiger charge is 2.18. The van der Waals surface area contributed by atoms with Gasteiger partial charge in [-0.3, -0.25) is 15.1 Å². The number of nitrogens with zero attached hydrogens (tertiary/aromatic N) is 6. The van der Waals surface area contributed by atoms with Crippen LogP contribution < -0.4 is 0 Å². The van der Waals surface area contributed by atoms with Gasteiger partial charge >= 0.3 is 0 Å². The summed E-state index contributed by atoms with van der Waals surface area (Å²) in [4.78, 5) is 21.4. The molecule has 0 unspecified atom stereocenters. The summed E-state index contributed by atoms with van der Waals surface area (Å²) in [6.07, 6.45) is 10.9. The van der Waals surface area contributed by atoms with Crippen LogP contribution in [-0.2, 0) is 7.05 Å². The number of rotatable bonds is 5. The first-order valence-electron chi connectivity index (χ1n) is 10.2. The summed E-state index contributed by atoms with van der Waals surface area (Å²) < 4.78 is 2.02. The Labute approximate surface area is 184 Å². The van der Waals surface area contributed by atoms with Crippen molar-refractivity contribution < 1.29 is 0 Å². The zero-order chi connectivity index (χ0) is 22.2. The summed E-state index contributed by atoms with van der Waals surface area (Å²) in [6, 6.07) is 5.94. The number of imidazole rings is 2. The van der Waals surface area contributed by atoms with E-state index in [1.54, 1.807) is 24.7 Å². The quantitative estimate of drug-likeness (QED) is 0.409. The van der Waals surface area contributed by atoms with Crippen molar-refractivity contribution in [2.45, 2.75) is 13.8 Å². The van der Waals surface area contributed by atoms with E-state index in [9.17, 15) is 0 Å². The van der Waals surface area contributed by atoms with Crippen LogP contribution in [0, 0.1) is 13.8 Å². The van der Waals surface area contributed by atoms with E-state index in [1.165, 1.54) is 0 Å². The van der Waals surface area contributed by atoms with Gasteiger partial charge in [-0.2, -0.15) is 5.10 Å². The summed E-state index contributed by atoms with van der Waals surface area (Å²) >= 11 is 0. The first kappa shape index (κ1) is 19.6. The number of aromatic nitrogens is 8. The highest BCUT2D eigenvalue weighted by atomic mass is 15.1. The molecule has 0 saturated heterocycles. The molecule has 0 aliphatic carbocycles. The predicted octanol–water partition coefficient (Wildman–Crippen LogP) is 4.38. The summed E-state index contributed by atoms with van der Waals surface area (Å²) in [5, 5.41) is 8.53. The lowest BCUT2D eigenvalue weighted by molar-refractivity contribution is 0.862. The summed E-state index contributed by atoms with van der Waals surface area (Å²) in [6.45, 7) is 7.84. The number of hydrogen-bond donors (Lipinski definition) is 2. The number of allylic oxidation sites excluding steroid dienone is 2. The van der Waals surface area contributed by atoms with Crippen molar-refractivity contribution in [3.8, 4) is 22.9 Å². The average molecular weight is 422 g/mol. The van der Waals surface area contributed by atoms with Gasteiger partial charge in [-0.1, -0.05) is 18.7 Å². The molecule has 5 rings (SSSR count). The number of aryl methyl sites for hydroxylation is 2. The van der Waals surface area contributed by atoms with E-state index in [-0.39, 0.29) is 0 Å². The number of aromatic amines is 2. The highest BCUT2D eigenvalue weighted by molar-refractivity contribution is 5.93. The molecule has 0 bridgehead atoms. The van der Waals surface area contributed by atoms with Crippen LogP contribution in [-0.4, -0.2) is 39.7 Å². The Morgan fingerprint density at radius 2 is 1.94 bits per heavy atom. The molecular formula is C24H22N8. The number of H-pyrrole nitrogens is 2. The molecule has 0 aliphatic rings. The van der Waals surface area contributed by atoms with Crippen molar-refractivity contribution in [3.63, 3.8) is 0 Å². The molecule has 0 radical (unpaired) electrons. The van der Waals surface area contributed by atoms with Crippen LogP contribution in [0.2, 0.25) is 0 Å². The summed E-state index contributed by atoms with van der Waals surface area (Å²) in [5.74, 6) is 1.62. The van der Waals surface area contributed by atoms with Crippen molar-refractivity contribution in [1.82, 2.24) is 39.7 Å². The molecule has 32 heavy (non-hydrogen) atoms. The largest absolute Gasteiger partial charge is 0.340 e. The smallest absolute Gasteiger partial charge is 0.159 e. The Morgan fingerprint density at radius 3 is 2.66 bits per heavy atom. The van der Waals surface area contributed by atoms with E-state index in [1.807, 2.05) is 55.9 Å². The van der Waals surface area contributed by atoms with Crippen LogP contribution in [0.1, 0.15) is 22.8 Å². The normalized spacial score (nSPS) is 11.9. The lowest BCUT2D eigenvalue weighted by atomic mass is 10.0. The second-order valence-corrected chi connectivity index (χ2v) is 7.55. The lowest BCUT2D eigenvalue weighted by Gasteiger charge is -2.05. The Morgan fingerprint density at radius 1 is 1.12 bits per heavy atom. The van der Waals surface area contributed by atoms with E-state index in [4.69, 9.17) is 4.98 Å². The molecule has 0 aromatic carbocycles. The standard InChI is InChI=1S/C24H22N8/c1-5-6-17(16-7-9-25-10-8-16)22-14(2)28-24(29-22)23-18-11-19(27-12-20(18)30-31-23)21-13-26-15(3)32(21)4/h5-13H,1H2,2-4H3,(H,28,29)(H,30,31)/b17-6-. The minimum absolute atomic E-state index is 0.686. The number of nitrogens with one attached hydrogen (secondary N) is 2. The third kappa shape index (κ3) is 3.22. The van der Waals surface area contributed by atoms with Crippen molar-refractivity contribution in [2.75, 3.05) is 0 Å². The van der Waals surface area contributed by atoms with Gasteiger partial charge in [0.15, 0.2) is 5.82 Å². The molecule has 0 amide bonds. The zero-order valence-electron chi connectivity index (χ0n) is 18.1. The first-order valence-corrected chi connectivity index (χ1v) is 10.2. The molecule has 158 valence electrons.